The molecule has 1 saturated heterocycles. The van der Waals surface area contributed by atoms with Gasteiger partial charge in [0, 0.05) is 31.7 Å². The van der Waals surface area contributed by atoms with Gasteiger partial charge >= 0.3 is 6.03 Å². The molecule has 1 heterocycles. The van der Waals surface area contributed by atoms with Gasteiger partial charge in [-0.25, -0.2) is 13.6 Å². The van der Waals surface area contributed by atoms with Crippen LogP contribution < -0.4 is 10.6 Å². The molecular formula is C22H27F2N3O. The van der Waals surface area contributed by atoms with Gasteiger partial charge in [-0.3, -0.25) is 4.90 Å². The van der Waals surface area contributed by atoms with Gasteiger partial charge in [0.05, 0.1) is 0 Å². The van der Waals surface area contributed by atoms with Crippen molar-refractivity contribution >= 4 is 6.03 Å². The lowest BCUT2D eigenvalue weighted by atomic mass is 10.0. The Labute approximate surface area is 164 Å². The van der Waals surface area contributed by atoms with Crippen LogP contribution in [0.25, 0.3) is 11.1 Å². The number of hydrogen-bond acceptors (Lipinski definition) is 2. The quantitative estimate of drug-likeness (QED) is 0.803. The van der Waals surface area contributed by atoms with Gasteiger partial charge in [0.1, 0.15) is 0 Å². The van der Waals surface area contributed by atoms with E-state index in [0.717, 1.165) is 49.7 Å². The molecule has 0 saturated carbocycles. The summed E-state index contributed by atoms with van der Waals surface area (Å²) in [5, 5.41) is 5.89. The summed E-state index contributed by atoms with van der Waals surface area (Å²) in [5.41, 5.74) is 2.67. The highest BCUT2D eigenvalue weighted by atomic mass is 19.2. The monoisotopic (exact) mass is 387 g/mol. The summed E-state index contributed by atoms with van der Waals surface area (Å²) < 4.78 is 26.7. The molecule has 3 rings (SSSR count). The first-order valence-electron chi connectivity index (χ1n) is 9.74. The third-order valence-corrected chi connectivity index (χ3v) is 4.93. The van der Waals surface area contributed by atoms with Crippen molar-refractivity contribution < 1.29 is 13.6 Å². The minimum atomic E-state index is -0.835. The fourth-order valence-electron chi connectivity index (χ4n) is 3.51. The molecule has 1 aliphatic heterocycles. The Morgan fingerprint density at radius 1 is 1.07 bits per heavy atom. The van der Waals surface area contributed by atoms with Gasteiger partial charge < -0.3 is 10.6 Å². The highest BCUT2D eigenvalue weighted by molar-refractivity contribution is 5.74. The average molecular weight is 387 g/mol. The molecule has 150 valence electrons. The molecule has 2 amide bonds. The van der Waals surface area contributed by atoms with Gasteiger partial charge in [0.15, 0.2) is 11.6 Å². The van der Waals surface area contributed by atoms with E-state index in [4.69, 9.17) is 0 Å². The van der Waals surface area contributed by atoms with Gasteiger partial charge in [-0.2, -0.15) is 0 Å². The number of likely N-dealkylation sites (tertiary alicyclic amines) is 1. The van der Waals surface area contributed by atoms with Gasteiger partial charge in [-0.05, 0) is 61.6 Å². The number of urea groups is 1. The molecule has 0 atom stereocenters. The predicted octanol–water partition coefficient (Wildman–Crippen LogP) is 4.30. The average Bonchev–Trinajstić information content (AvgIpc) is 2.65. The van der Waals surface area contributed by atoms with E-state index in [2.05, 4.69) is 15.5 Å². The highest BCUT2D eigenvalue weighted by Crippen LogP contribution is 2.23. The van der Waals surface area contributed by atoms with E-state index in [1.807, 2.05) is 38.1 Å². The van der Waals surface area contributed by atoms with Gasteiger partial charge in [-0.15, -0.1) is 0 Å². The van der Waals surface area contributed by atoms with Gasteiger partial charge in [0.2, 0.25) is 0 Å². The van der Waals surface area contributed by atoms with Crippen LogP contribution in [-0.2, 0) is 6.54 Å². The molecule has 0 unspecified atom stereocenters. The largest absolute Gasteiger partial charge is 0.336 e. The van der Waals surface area contributed by atoms with E-state index in [-0.39, 0.29) is 18.1 Å². The maximum absolute atomic E-state index is 13.5. The number of amides is 2. The van der Waals surface area contributed by atoms with Gasteiger partial charge in [-0.1, -0.05) is 24.3 Å². The number of nitrogens with one attached hydrogen (secondary N) is 2. The fraction of sp³-hybridized carbons (Fsp3) is 0.409. The number of hydrogen-bond donors (Lipinski definition) is 2. The first-order valence-corrected chi connectivity index (χ1v) is 9.74. The number of nitrogens with zero attached hydrogens (tertiary/aromatic N) is 1. The minimum Gasteiger partial charge on any atom is -0.336 e. The Balaban J connectivity index is 1.55. The molecule has 0 spiro atoms. The summed E-state index contributed by atoms with van der Waals surface area (Å²) in [6.07, 6.45) is 1.82. The van der Waals surface area contributed by atoms with Crippen LogP contribution in [0, 0.1) is 11.6 Å². The molecule has 6 heteroatoms. The van der Waals surface area contributed by atoms with Crippen LogP contribution in [0.5, 0.6) is 0 Å². The second-order valence-electron chi connectivity index (χ2n) is 7.65. The molecule has 0 aromatic heterocycles. The van der Waals surface area contributed by atoms with E-state index in [9.17, 15) is 13.6 Å². The minimum absolute atomic E-state index is 0.104. The third-order valence-electron chi connectivity index (χ3n) is 4.93. The summed E-state index contributed by atoms with van der Waals surface area (Å²) in [7, 11) is 0. The first kappa shape index (κ1) is 20.3. The summed E-state index contributed by atoms with van der Waals surface area (Å²) in [6.45, 7) is 6.49. The SMILES string of the molecule is CC(C)NC(=O)NC1CCN(Cc2cccc(-c3ccc(F)c(F)c3)c2)CC1. The molecule has 2 aromatic rings. The van der Waals surface area contributed by atoms with Crippen molar-refractivity contribution in [3.8, 4) is 11.1 Å². The van der Waals surface area contributed by atoms with Crippen molar-refractivity contribution in [2.75, 3.05) is 13.1 Å². The molecule has 28 heavy (non-hydrogen) atoms. The molecule has 4 nitrogen and oxygen atoms in total. The second-order valence-corrected chi connectivity index (χ2v) is 7.65. The van der Waals surface area contributed by atoms with E-state index in [1.54, 1.807) is 6.07 Å². The van der Waals surface area contributed by atoms with E-state index >= 15 is 0 Å². The van der Waals surface area contributed by atoms with E-state index in [1.165, 1.54) is 6.07 Å². The molecule has 0 radical (unpaired) electrons. The number of halogens is 2. The van der Waals surface area contributed by atoms with Gasteiger partial charge in [0.25, 0.3) is 0 Å². The maximum Gasteiger partial charge on any atom is 0.315 e. The Kier molecular flexibility index (Phi) is 6.62. The summed E-state index contributed by atoms with van der Waals surface area (Å²) in [5.74, 6) is -1.67. The Morgan fingerprint density at radius 2 is 1.79 bits per heavy atom. The lowest BCUT2D eigenvalue weighted by Gasteiger charge is -2.32. The Hall–Kier alpha value is -2.47. The summed E-state index contributed by atoms with van der Waals surface area (Å²) in [4.78, 5) is 14.2. The topological polar surface area (TPSA) is 44.4 Å². The normalized spacial score (nSPS) is 15.6. The molecule has 1 fully saturated rings. The van der Waals surface area contributed by atoms with Crippen LogP contribution in [0.2, 0.25) is 0 Å². The van der Waals surface area contributed by atoms with Crippen molar-refractivity contribution in [2.24, 2.45) is 0 Å². The summed E-state index contributed by atoms with van der Waals surface area (Å²) >= 11 is 0. The number of carbonyl (C=O) groups is 1. The summed E-state index contributed by atoms with van der Waals surface area (Å²) in [6, 6.07) is 12.1. The zero-order valence-corrected chi connectivity index (χ0v) is 16.3. The van der Waals surface area contributed by atoms with Crippen molar-refractivity contribution in [1.29, 1.82) is 0 Å². The van der Waals surface area contributed by atoms with Crippen molar-refractivity contribution in [2.45, 2.75) is 45.3 Å². The molecule has 0 bridgehead atoms. The smallest absolute Gasteiger partial charge is 0.315 e. The zero-order valence-electron chi connectivity index (χ0n) is 16.3. The van der Waals surface area contributed by atoms with Crippen molar-refractivity contribution in [1.82, 2.24) is 15.5 Å². The van der Waals surface area contributed by atoms with Crippen molar-refractivity contribution in [3.05, 3.63) is 59.7 Å². The fourth-order valence-corrected chi connectivity index (χ4v) is 3.51. The molecule has 2 aromatic carbocycles. The number of piperidine rings is 1. The Bertz CT molecular complexity index is 817. The van der Waals surface area contributed by atoms with Crippen molar-refractivity contribution in [3.63, 3.8) is 0 Å². The highest BCUT2D eigenvalue weighted by Gasteiger charge is 2.21. The lowest BCUT2D eigenvalue weighted by Crippen LogP contribution is -2.49. The first-order chi connectivity index (χ1) is 13.4. The number of benzene rings is 2. The third kappa shape index (κ3) is 5.52. The van der Waals surface area contributed by atoms with Crippen LogP contribution in [0.1, 0.15) is 32.3 Å². The van der Waals surface area contributed by atoms with Crippen LogP contribution in [-0.4, -0.2) is 36.1 Å². The number of rotatable bonds is 5. The second kappa shape index (κ2) is 9.15. The molecule has 0 aliphatic carbocycles. The van der Waals surface area contributed by atoms with Crippen LogP contribution in [0.4, 0.5) is 13.6 Å². The van der Waals surface area contributed by atoms with Crippen LogP contribution in [0.3, 0.4) is 0 Å². The molecule has 1 aliphatic rings. The van der Waals surface area contributed by atoms with E-state index < -0.39 is 11.6 Å². The van der Waals surface area contributed by atoms with E-state index in [0.29, 0.717) is 5.56 Å². The molecular weight excluding hydrogens is 360 g/mol. The zero-order chi connectivity index (χ0) is 20.1. The molecule has 2 N–H and O–H groups in total. The predicted molar refractivity (Wildman–Crippen MR) is 107 cm³/mol. The van der Waals surface area contributed by atoms with Crippen LogP contribution in [0.15, 0.2) is 42.5 Å². The Morgan fingerprint density at radius 3 is 2.46 bits per heavy atom. The van der Waals surface area contributed by atoms with Crippen LogP contribution >= 0.6 is 0 Å². The standard InChI is InChI=1S/C22H27F2N3O/c1-15(2)25-22(28)26-19-8-10-27(11-9-19)14-16-4-3-5-17(12-16)18-6-7-20(23)21(24)13-18/h3-7,12-13,15,19H,8-11,14H2,1-2H3,(H2,25,26,28). The number of carbonyl (C=O) groups excluding carboxylic acids is 1. The maximum atomic E-state index is 13.5. The lowest BCUT2D eigenvalue weighted by molar-refractivity contribution is 0.186.